The van der Waals surface area contributed by atoms with E-state index in [9.17, 15) is 8.42 Å². The van der Waals surface area contributed by atoms with Crippen molar-refractivity contribution >= 4 is 33.1 Å². The van der Waals surface area contributed by atoms with E-state index in [1.807, 2.05) is 6.07 Å². The molecule has 0 radical (unpaired) electrons. The van der Waals surface area contributed by atoms with E-state index in [0.29, 0.717) is 11.4 Å². The average Bonchev–Trinajstić information content (AvgIpc) is 3.09. The molecule has 0 bridgehead atoms. The molecule has 2 aromatic carbocycles. The summed E-state index contributed by atoms with van der Waals surface area (Å²) < 4.78 is 32.6. The van der Waals surface area contributed by atoms with Crippen molar-refractivity contribution in [1.29, 1.82) is 0 Å². The first kappa shape index (κ1) is 16.6. The van der Waals surface area contributed by atoms with Crippen molar-refractivity contribution in [3.8, 4) is 5.75 Å². The molecule has 24 heavy (non-hydrogen) atoms. The number of rotatable bonds is 5. The highest BCUT2D eigenvalue weighted by atomic mass is 35.5. The van der Waals surface area contributed by atoms with Gasteiger partial charge in [-0.05, 0) is 30.3 Å². The first-order valence-electron chi connectivity index (χ1n) is 7.25. The van der Waals surface area contributed by atoms with Crippen LogP contribution >= 0.6 is 11.6 Å². The van der Waals surface area contributed by atoms with E-state index in [0.717, 1.165) is 24.5 Å². The number of hydrogen-bond donors (Lipinski definition) is 2. The van der Waals surface area contributed by atoms with Crippen molar-refractivity contribution < 1.29 is 13.2 Å². The summed E-state index contributed by atoms with van der Waals surface area (Å²) in [6.07, 6.45) is 0. The van der Waals surface area contributed by atoms with Crippen molar-refractivity contribution in [3.05, 3.63) is 53.1 Å². The van der Waals surface area contributed by atoms with E-state index in [1.54, 1.807) is 18.2 Å². The summed E-state index contributed by atoms with van der Waals surface area (Å²) in [5.74, 6) is 1.19. The quantitative estimate of drug-likeness (QED) is 0.853. The zero-order valence-electron chi connectivity index (χ0n) is 12.9. The van der Waals surface area contributed by atoms with Gasteiger partial charge < -0.3 is 10.1 Å². The van der Waals surface area contributed by atoms with E-state index in [2.05, 4.69) is 15.0 Å². The maximum atomic E-state index is 12.5. The third-order valence-electron chi connectivity index (χ3n) is 3.50. The molecule has 3 rings (SSSR count). The van der Waals surface area contributed by atoms with Gasteiger partial charge in [-0.2, -0.15) is 0 Å². The van der Waals surface area contributed by atoms with Gasteiger partial charge in [-0.15, -0.1) is 0 Å². The maximum Gasteiger partial charge on any atom is 0.261 e. The smallest absolute Gasteiger partial charge is 0.261 e. The van der Waals surface area contributed by atoms with Gasteiger partial charge in [-0.1, -0.05) is 23.7 Å². The van der Waals surface area contributed by atoms with Crippen molar-refractivity contribution in [1.82, 2.24) is 5.32 Å². The minimum atomic E-state index is -3.75. The van der Waals surface area contributed by atoms with Gasteiger partial charge in [0.2, 0.25) is 0 Å². The lowest BCUT2D eigenvalue weighted by Crippen LogP contribution is -2.20. The minimum Gasteiger partial charge on any atom is -0.495 e. The second-order valence-corrected chi connectivity index (χ2v) is 7.23. The summed E-state index contributed by atoms with van der Waals surface area (Å²) in [6, 6.07) is 11.4. The first-order valence-corrected chi connectivity index (χ1v) is 9.11. The molecule has 0 spiro atoms. The molecule has 126 valence electrons. The Kier molecular flexibility index (Phi) is 4.64. The SMILES string of the molecule is COc1ccc(S(=O)(=O)Nc2cccc(C3=NCCN3)c2)cc1Cl. The van der Waals surface area contributed by atoms with E-state index < -0.39 is 10.0 Å². The largest absolute Gasteiger partial charge is 0.495 e. The molecule has 6 nitrogen and oxygen atoms in total. The van der Waals surface area contributed by atoms with E-state index in [4.69, 9.17) is 16.3 Å². The predicted molar refractivity (Wildman–Crippen MR) is 94.7 cm³/mol. The van der Waals surface area contributed by atoms with Crippen LogP contribution in [0.4, 0.5) is 5.69 Å². The Morgan fingerprint density at radius 2 is 2.08 bits per heavy atom. The molecule has 0 amide bonds. The number of nitrogens with one attached hydrogen (secondary N) is 2. The van der Waals surface area contributed by atoms with E-state index in [-0.39, 0.29) is 9.92 Å². The molecule has 2 N–H and O–H groups in total. The summed E-state index contributed by atoms with van der Waals surface area (Å²) >= 11 is 6.01. The van der Waals surface area contributed by atoms with Gasteiger partial charge in [0, 0.05) is 17.8 Å². The van der Waals surface area contributed by atoms with Crippen molar-refractivity contribution in [2.75, 3.05) is 24.9 Å². The van der Waals surface area contributed by atoms with Crippen LogP contribution in [-0.4, -0.2) is 34.5 Å². The fraction of sp³-hybridized carbons (Fsp3) is 0.188. The predicted octanol–water partition coefficient (Wildman–Crippen LogP) is 2.50. The van der Waals surface area contributed by atoms with Gasteiger partial charge in [0.05, 0.1) is 23.6 Å². The lowest BCUT2D eigenvalue weighted by atomic mass is 10.2. The molecule has 0 saturated heterocycles. The van der Waals surface area contributed by atoms with Gasteiger partial charge >= 0.3 is 0 Å². The highest BCUT2D eigenvalue weighted by molar-refractivity contribution is 7.92. The van der Waals surface area contributed by atoms with Crippen LogP contribution in [0.15, 0.2) is 52.4 Å². The molecule has 1 aliphatic heterocycles. The second-order valence-electron chi connectivity index (χ2n) is 5.14. The number of hydrogen-bond acceptors (Lipinski definition) is 5. The standard InChI is InChI=1S/C16H16ClN3O3S/c1-23-15-6-5-13(10-14(15)17)24(21,22)20-12-4-2-3-11(9-12)16-18-7-8-19-16/h2-6,9-10,20H,7-8H2,1H3,(H,18,19). The third kappa shape index (κ3) is 3.47. The Hall–Kier alpha value is -2.25. The van der Waals surface area contributed by atoms with Crippen LogP contribution in [0.1, 0.15) is 5.56 Å². The lowest BCUT2D eigenvalue weighted by Gasteiger charge is -2.11. The number of ether oxygens (including phenoxy) is 1. The number of amidine groups is 1. The Balaban J connectivity index is 1.87. The highest BCUT2D eigenvalue weighted by Gasteiger charge is 2.17. The second kappa shape index (κ2) is 6.70. The average molecular weight is 366 g/mol. The normalized spacial score (nSPS) is 14.0. The highest BCUT2D eigenvalue weighted by Crippen LogP contribution is 2.28. The van der Waals surface area contributed by atoms with Crippen LogP contribution in [0.2, 0.25) is 5.02 Å². The van der Waals surface area contributed by atoms with Crippen LogP contribution in [0, 0.1) is 0 Å². The van der Waals surface area contributed by atoms with Crippen LogP contribution in [-0.2, 0) is 10.0 Å². The molecule has 0 unspecified atom stereocenters. The molecule has 0 aliphatic carbocycles. The molecule has 0 aromatic heterocycles. The van der Waals surface area contributed by atoms with Crippen LogP contribution in [0.5, 0.6) is 5.75 Å². The number of halogens is 1. The number of nitrogens with zero attached hydrogens (tertiary/aromatic N) is 1. The Bertz CT molecular complexity index is 897. The van der Waals surface area contributed by atoms with Gasteiger partial charge in [-0.25, -0.2) is 8.42 Å². The van der Waals surface area contributed by atoms with Crippen molar-refractivity contribution in [2.45, 2.75) is 4.90 Å². The summed E-state index contributed by atoms with van der Waals surface area (Å²) in [7, 11) is -2.28. The molecular formula is C16H16ClN3O3S. The third-order valence-corrected chi connectivity index (χ3v) is 5.17. The van der Waals surface area contributed by atoms with Crippen LogP contribution in [0.3, 0.4) is 0 Å². The topological polar surface area (TPSA) is 79.8 Å². The molecule has 8 heteroatoms. The zero-order chi connectivity index (χ0) is 17.2. The fourth-order valence-corrected chi connectivity index (χ4v) is 3.75. The van der Waals surface area contributed by atoms with Crippen LogP contribution in [0.25, 0.3) is 0 Å². The van der Waals surface area contributed by atoms with Gasteiger partial charge in [0.15, 0.2) is 0 Å². The number of sulfonamides is 1. The maximum absolute atomic E-state index is 12.5. The van der Waals surface area contributed by atoms with E-state index >= 15 is 0 Å². The molecule has 1 heterocycles. The van der Waals surface area contributed by atoms with Crippen molar-refractivity contribution in [2.24, 2.45) is 4.99 Å². The van der Waals surface area contributed by atoms with Gasteiger partial charge in [0.1, 0.15) is 11.6 Å². The number of benzene rings is 2. The summed E-state index contributed by atoms with van der Waals surface area (Å²) in [4.78, 5) is 4.39. The number of methoxy groups -OCH3 is 1. The molecular weight excluding hydrogens is 350 g/mol. The summed E-state index contributed by atoms with van der Waals surface area (Å²) in [6.45, 7) is 1.51. The number of anilines is 1. The van der Waals surface area contributed by atoms with Gasteiger partial charge in [0.25, 0.3) is 10.0 Å². The Morgan fingerprint density at radius 3 is 2.75 bits per heavy atom. The van der Waals surface area contributed by atoms with Crippen molar-refractivity contribution in [3.63, 3.8) is 0 Å². The zero-order valence-corrected chi connectivity index (χ0v) is 14.5. The minimum absolute atomic E-state index is 0.0648. The molecule has 2 aromatic rings. The Morgan fingerprint density at radius 1 is 1.25 bits per heavy atom. The van der Waals surface area contributed by atoms with E-state index in [1.165, 1.54) is 25.3 Å². The monoisotopic (exact) mass is 365 g/mol. The molecule has 1 aliphatic rings. The molecule has 0 fully saturated rings. The first-order chi connectivity index (χ1) is 11.5. The summed E-state index contributed by atoms with van der Waals surface area (Å²) in [5, 5.41) is 3.39. The lowest BCUT2D eigenvalue weighted by molar-refractivity contribution is 0.414. The molecule has 0 atom stereocenters. The fourth-order valence-electron chi connectivity index (χ4n) is 2.35. The molecule has 0 saturated carbocycles. The number of aliphatic imine (C=N–C) groups is 1. The van der Waals surface area contributed by atoms with Gasteiger partial charge in [-0.3, -0.25) is 9.71 Å². The Labute approximate surface area is 145 Å². The summed E-state index contributed by atoms with van der Waals surface area (Å²) in [5.41, 5.74) is 1.29. The van der Waals surface area contributed by atoms with Crippen LogP contribution < -0.4 is 14.8 Å².